The molecule has 172 valence electrons. The SMILES string of the molecule is CNC(=O)c1ccc(N2C(=O)N(Sc3ccc(C#N)c(C(F)(F)F)c3)C(=O)C2(C)C)cc1F. The maximum absolute atomic E-state index is 14.5. The molecule has 0 saturated carbocycles. The number of nitrogens with one attached hydrogen (secondary N) is 1. The highest BCUT2D eigenvalue weighted by molar-refractivity contribution is 7.98. The van der Waals surface area contributed by atoms with Gasteiger partial charge in [-0.25, -0.2) is 9.18 Å². The first-order valence-electron chi connectivity index (χ1n) is 9.32. The van der Waals surface area contributed by atoms with Crippen molar-refractivity contribution in [3.63, 3.8) is 0 Å². The van der Waals surface area contributed by atoms with E-state index in [4.69, 9.17) is 5.26 Å². The largest absolute Gasteiger partial charge is 0.417 e. The van der Waals surface area contributed by atoms with Crippen molar-refractivity contribution in [1.82, 2.24) is 9.62 Å². The third kappa shape index (κ3) is 4.23. The van der Waals surface area contributed by atoms with Crippen LogP contribution in [0.2, 0.25) is 0 Å². The average molecular weight is 480 g/mol. The standard InChI is InChI=1S/C21H16F4N4O3S/c1-20(2)18(31)29(33-13-6-4-11(10-26)15(9-13)21(23,24)25)19(32)28(20)12-5-7-14(16(22)8-12)17(30)27-3/h4-9H,1-3H3,(H,27,30). The summed E-state index contributed by atoms with van der Waals surface area (Å²) in [7, 11) is 1.32. The lowest BCUT2D eigenvalue weighted by molar-refractivity contribution is -0.138. The molecule has 1 saturated heterocycles. The molecule has 0 unspecified atom stereocenters. The van der Waals surface area contributed by atoms with Crippen LogP contribution in [-0.2, 0) is 11.0 Å². The Morgan fingerprint density at radius 2 is 1.82 bits per heavy atom. The predicted octanol–water partition coefficient (Wildman–Crippen LogP) is 4.33. The molecule has 1 aliphatic heterocycles. The second-order valence-electron chi connectivity index (χ2n) is 7.43. The van der Waals surface area contributed by atoms with Crippen molar-refractivity contribution in [1.29, 1.82) is 5.26 Å². The van der Waals surface area contributed by atoms with Crippen molar-refractivity contribution in [2.24, 2.45) is 0 Å². The molecule has 33 heavy (non-hydrogen) atoms. The highest BCUT2D eigenvalue weighted by atomic mass is 32.2. The fraction of sp³-hybridized carbons (Fsp3) is 0.238. The quantitative estimate of drug-likeness (QED) is 0.400. The first-order valence-corrected chi connectivity index (χ1v) is 10.1. The lowest BCUT2D eigenvalue weighted by Gasteiger charge is -2.27. The van der Waals surface area contributed by atoms with Gasteiger partial charge in [0, 0.05) is 17.6 Å². The molecule has 1 N–H and O–H groups in total. The zero-order valence-corrected chi connectivity index (χ0v) is 18.3. The molecule has 0 aromatic heterocycles. The number of rotatable bonds is 4. The van der Waals surface area contributed by atoms with E-state index < -0.39 is 46.5 Å². The van der Waals surface area contributed by atoms with Crippen LogP contribution in [0.3, 0.4) is 0 Å². The number of hydrogen-bond acceptors (Lipinski definition) is 5. The number of halogens is 4. The summed E-state index contributed by atoms with van der Waals surface area (Å²) in [5, 5.41) is 11.2. The van der Waals surface area contributed by atoms with E-state index >= 15 is 0 Å². The third-order valence-corrected chi connectivity index (χ3v) is 5.90. The van der Waals surface area contributed by atoms with Crippen molar-refractivity contribution in [3.8, 4) is 6.07 Å². The van der Waals surface area contributed by atoms with Gasteiger partial charge in [-0.3, -0.25) is 14.5 Å². The molecule has 0 aliphatic carbocycles. The number of carbonyl (C=O) groups excluding carboxylic acids is 3. The number of alkyl halides is 3. The number of imide groups is 1. The number of carbonyl (C=O) groups is 3. The fourth-order valence-corrected chi connectivity index (χ4v) is 4.23. The van der Waals surface area contributed by atoms with Crippen LogP contribution in [-0.4, -0.2) is 34.7 Å². The summed E-state index contributed by atoms with van der Waals surface area (Å²) >= 11 is 0.459. The summed E-state index contributed by atoms with van der Waals surface area (Å²) in [6.45, 7) is 2.80. The summed E-state index contributed by atoms with van der Waals surface area (Å²) in [6.07, 6.45) is -4.81. The van der Waals surface area contributed by atoms with Crippen LogP contribution in [0, 0.1) is 17.1 Å². The fourth-order valence-electron chi connectivity index (χ4n) is 3.25. The van der Waals surface area contributed by atoms with Gasteiger partial charge in [0.15, 0.2) is 0 Å². The van der Waals surface area contributed by atoms with E-state index in [9.17, 15) is 31.9 Å². The molecule has 0 atom stereocenters. The first-order chi connectivity index (χ1) is 15.3. The van der Waals surface area contributed by atoms with E-state index in [2.05, 4.69) is 5.32 Å². The Morgan fingerprint density at radius 3 is 2.36 bits per heavy atom. The molecule has 0 spiro atoms. The van der Waals surface area contributed by atoms with Crippen molar-refractivity contribution < 1.29 is 31.9 Å². The Labute approximate surface area is 190 Å². The predicted molar refractivity (Wildman–Crippen MR) is 111 cm³/mol. The Morgan fingerprint density at radius 1 is 1.15 bits per heavy atom. The monoisotopic (exact) mass is 480 g/mol. The lowest BCUT2D eigenvalue weighted by atomic mass is 10.0. The molecule has 4 amide bonds. The number of nitriles is 1. The molecule has 1 heterocycles. The van der Waals surface area contributed by atoms with Crippen LogP contribution in [0.5, 0.6) is 0 Å². The molecule has 7 nitrogen and oxygen atoms in total. The van der Waals surface area contributed by atoms with Crippen molar-refractivity contribution in [2.75, 3.05) is 11.9 Å². The smallest absolute Gasteiger partial charge is 0.355 e. The van der Waals surface area contributed by atoms with Crippen LogP contribution < -0.4 is 10.2 Å². The topological polar surface area (TPSA) is 93.5 Å². The zero-order chi connectivity index (χ0) is 24.7. The van der Waals surface area contributed by atoms with Crippen LogP contribution >= 0.6 is 11.9 Å². The minimum Gasteiger partial charge on any atom is -0.355 e. The van der Waals surface area contributed by atoms with Crippen LogP contribution in [0.15, 0.2) is 41.3 Å². The molecule has 1 aliphatic rings. The van der Waals surface area contributed by atoms with Gasteiger partial charge >= 0.3 is 12.2 Å². The van der Waals surface area contributed by atoms with Gasteiger partial charge in [0.05, 0.1) is 22.8 Å². The Hall–Kier alpha value is -3.59. The summed E-state index contributed by atoms with van der Waals surface area (Å²) in [6, 6.07) is 6.74. The molecule has 0 bridgehead atoms. The van der Waals surface area contributed by atoms with Gasteiger partial charge in [-0.2, -0.15) is 22.7 Å². The Bertz CT molecular complexity index is 1210. The van der Waals surface area contributed by atoms with E-state index in [-0.39, 0.29) is 16.1 Å². The van der Waals surface area contributed by atoms with Gasteiger partial charge in [-0.1, -0.05) is 0 Å². The highest BCUT2D eigenvalue weighted by Gasteiger charge is 2.53. The van der Waals surface area contributed by atoms with Crippen LogP contribution in [0.4, 0.5) is 28.0 Å². The molecule has 3 rings (SSSR count). The van der Waals surface area contributed by atoms with E-state index in [0.29, 0.717) is 22.3 Å². The van der Waals surface area contributed by atoms with Crippen LogP contribution in [0.1, 0.15) is 35.3 Å². The van der Waals surface area contributed by atoms with Gasteiger partial charge in [-0.05, 0) is 62.2 Å². The van der Waals surface area contributed by atoms with Crippen molar-refractivity contribution in [2.45, 2.75) is 30.5 Å². The Balaban J connectivity index is 1.97. The van der Waals surface area contributed by atoms with Crippen LogP contribution in [0.25, 0.3) is 0 Å². The van der Waals surface area contributed by atoms with Crippen molar-refractivity contribution in [3.05, 3.63) is 58.9 Å². The minimum atomic E-state index is -4.81. The van der Waals surface area contributed by atoms with Gasteiger partial charge in [0.25, 0.3) is 11.8 Å². The minimum absolute atomic E-state index is 0.0117. The van der Waals surface area contributed by atoms with Gasteiger partial charge in [-0.15, -0.1) is 0 Å². The number of nitrogens with zero attached hydrogens (tertiary/aromatic N) is 3. The van der Waals surface area contributed by atoms with E-state index in [1.54, 1.807) is 0 Å². The molecular weight excluding hydrogens is 464 g/mol. The van der Waals surface area contributed by atoms with Gasteiger partial charge in [0.2, 0.25) is 0 Å². The zero-order valence-electron chi connectivity index (χ0n) is 17.5. The lowest BCUT2D eigenvalue weighted by Crippen LogP contribution is -2.44. The molecule has 12 heteroatoms. The summed E-state index contributed by atoms with van der Waals surface area (Å²) in [4.78, 5) is 38.6. The second kappa shape index (κ2) is 8.40. The van der Waals surface area contributed by atoms with E-state index in [1.165, 1.54) is 39.1 Å². The summed E-state index contributed by atoms with van der Waals surface area (Å²) in [5.41, 5.74) is -3.57. The number of amides is 4. The molecule has 1 fully saturated rings. The molecule has 2 aromatic rings. The summed E-state index contributed by atoms with van der Waals surface area (Å²) in [5.74, 6) is -2.34. The van der Waals surface area contributed by atoms with Gasteiger partial charge < -0.3 is 5.32 Å². The average Bonchev–Trinajstić information content (AvgIpc) is 2.91. The number of hydrogen-bond donors (Lipinski definition) is 1. The normalized spacial score (nSPS) is 15.6. The van der Waals surface area contributed by atoms with Gasteiger partial charge in [0.1, 0.15) is 11.4 Å². The third-order valence-electron chi connectivity index (χ3n) is 4.93. The first kappa shape index (κ1) is 24.1. The number of urea groups is 1. The van der Waals surface area contributed by atoms with Crippen molar-refractivity contribution >= 4 is 35.5 Å². The Kier molecular flexibility index (Phi) is 6.12. The maximum Gasteiger partial charge on any atom is 0.417 e. The number of anilines is 1. The van der Waals surface area contributed by atoms with E-state index in [0.717, 1.165) is 23.1 Å². The van der Waals surface area contributed by atoms with E-state index in [1.807, 2.05) is 0 Å². The molecular formula is C21H16F4N4O3S. The maximum atomic E-state index is 14.5. The molecule has 0 radical (unpaired) electrons. The second-order valence-corrected chi connectivity index (χ2v) is 8.45. The number of benzene rings is 2. The molecule has 2 aromatic carbocycles. The summed E-state index contributed by atoms with van der Waals surface area (Å²) < 4.78 is 54.9. The highest BCUT2D eigenvalue weighted by Crippen LogP contribution is 2.41.